The van der Waals surface area contributed by atoms with E-state index in [2.05, 4.69) is 15.3 Å². The monoisotopic (exact) mass is 387 g/mol. The van der Waals surface area contributed by atoms with Gasteiger partial charge in [-0.25, -0.2) is 14.4 Å². The van der Waals surface area contributed by atoms with Gasteiger partial charge in [0.25, 0.3) is 5.91 Å². The van der Waals surface area contributed by atoms with Gasteiger partial charge in [-0.1, -0.05) is 30.3 Å². The van der Waals surface area contributed by atoms with E-state index in [1.54, 1.807) is 43.5 Å². The van der Waals surface area contributed by atoms with Crippen LogP contribution in [0.4, 0.5) is 15.9 Å². The van der Waals surface area contributed by atoms with Crippen molar-refractivity contribution in [2.75, 3.05) is 5.32 Å². The molecule has 0 aliphatic rings. The van der Waals surface area contributed by atoms with Gasteiger partial charge >= 0.3 is 0 Å². The Morgan fingerprint density at radius 1 is 1.07 bits per heavy atom. The number of nitrogens with one attached hydrogen (secondary N) is 1. The van der Waals surface area contributed by atoms with Crippen LogP contribution in [0.2, 0.25) is 0 Å². The predicted octanol–water partition coefficient (Wildman–Crippen LogP) is 5.07. The van der Waals surface area contributed by atoms with Crippen LogP contribution >= 0.6 is 0 Å². The number of halogens is 1. The van der Waals surface area contributed by atoms with Crippen molar-refractivity contribution in [2.24, 2.45) is 4.99 Å². The molecule has 0 radical (unpaired) electrons. The summed E-state index contributed by atoms with van der Waals surface area (Å²) < 4.78 is 19.8. The van der Waals surface area contributed by atoms with Gasteiger partial charge in [-0.15, -0.1) is 0 Å². The third-order valence-corrected chi connectivity index (χ3v) is 4.51. The van der Waals surface area contributed by atoms with Gasteiger partial charge in [0.1, 0.15) is 22.8 Å². The summed E-state index contributed by atoms with van der Waals surface area (Å²) in [5.74, 6) is -0.368. The Morgan fingerprint density at radius 2 is 1.90 bits per heavy atom. The summed E-state index contributed by atoms with van der Waals surface area (Å²) in [6.45, 7) is 3.55. The molecule has 0 atom stereocenters. The first-order valence-corrected chi connectivity index (χ1v) is 9.08. The van der Waals surface area contributed by atoms with E-state index in [1.807, 2.05) is 31.2 Å². The fraction of sp³-hybridized carbons (Fsp3) is 0.0870. The molecular weight excluding hydrogens is 369 g/mol. The highest BCUT2D eigenvalue weighted by Crippen LogP contribution is 2.21. The smallest absolute Gasteiger partial charge is 0.262 e. The first-order chi connectivity index (χ1) is 14.0. The van der Waals surface area contributed by atoms with Crippen LogP contribution in [0.5, 0.6) is 0 Å². The van der Waals surface area contributed by atoms with Crippen molar-refractivity contribution in [1.82, 2.24) is 4.98 Å². The second-order valence-corrected chi connectivity index (χ2v) is 6.67. The molecule has 0 saturated heterocycles. The summed E-state index contributed by atoms with van der Waals surface area (Å²) in [4.78, 5) is 21.6. The normalized spacial score (nSPS) is 11.6. The lowest BCUT2D eigenvalue weighted by Crippen LogP contribution is -2.22. The predicted molar refractivity (Wildman–Crippen MR) is 110 cm³/mol. The highest BCUT2D eigenvalue weighted by molar-refractivity contribution is 6.04. The molecule has 29 heavy (non-hydrogen) atoms. The van der Waals surface area contributed by atoms with E-state index in [1.165, 1.54) is 6.07 Å². The van der Waals surface area contributed by atoms with Gasteiger partial charge in [-0.2, -0.15) is 0 Å². The summed E-state index contributed by atoms with van der Waals surface area (Å²) in [5, 5.41) is 3.51. The zero-order valence-corrected chi connectivity index (χ0v) is 15.9. The van der Waals surface area contributed by atoms with Crippen molar-refractivity contribution in [3.8, 4) is 0 Å². The highest BCUT2D eigenvalue weighted by Gasteiger charge is 2.14. The minimum Gasteiger partial charge on any atom is -0.438 e. The quantitative estimate of drug-likeness (QED) is 0.534. The van der Waals surface area contributed by atoms with Crippen LogP contribution in [0.15, 0.2) is 76.3 Å². The van der Waals surface area contributed by atoms with Gasteiger partial charge in [0, 0.05) is 17.1 Å². The number of fused-ring (bicyclic) bond motifs is 1. The van der Waals surface area contributed by atoms with Crippen LogP contribution in [0.25, 0.3) is 11.0 Å². The van der Waals surface area contributed by atoms with Crippen LogP contribution < -0.4 is 10.9 Å². The average molecular weight is 387 g/mol. The molecule has 0 spiro atoms. The Hall–Kier alpha value is -3.80. The molecule has 4 rings (SSSR count). The fourth-order valence-electron chi connectivity index (χ4n) is 2.87. The number of benzene rings is 2. The SMILES string of the molecule is Cc1ccc(NC(=O)c2cc3ccccc3oc2=Nc2cccc(F)c2C)nc1. The molecule has 0 bridgehead atoms. The Morgan fingerprint density at radius 3 is 2.69 bits per heavy atom. The van der Waals surface area contributed by atoms with E-state index in [-0.39, 0.29) is 16.9 Å². The number of carbonyl (C=O) groups is 1. The number of rotatable bonds is 3. The lowest BCUT2D eigenvalue weighted by atomic mass is 10.1. The molecule has 2 heterocycles. The largest absolute Gasteiger partial charge is 0.438 e. The van der Waals surface area contributed by atoms with Crippen LogP contribution in [0, 0.1) is 19.7 Å². The van der Waals surface area contributed by atoms with E-state index in [9.17, 15) is 9.18 Å². The topological polar surface area (TPSA) is 67.5 Å². The highest BCUT2D eigenvalue weighted by atomic mass is 19.1. The molecule has 1 amide bonds. The first-order valence-electron chi connectivity index (χ1n) is 9.08. The summed E-state index contributed by atoms with van der Waals surface area (Å²) in [6.07, 6.45) is 1.67. The standard InChI is InChI=1S/C23H18FN3O2/c1-14-10-11-21(25-13-14)27-22(28)17-12-16-6-3-4-9-20(16)29-23(17)26-19-8-5-7-18(24)15(19)2/h3-13H,1-2H3,(H,25,27,28). The van der Waals surface area contributed by atoms with Gasteiger partial charge in [-0.05, 0) is 49.7 Å². The van der Waals surface area contributed by atoms with Crippen LogP contribution in [0.1, 0.15) is 21.5 Å². The molecule has 2 aromatic heterocycles. The van der Waals surface area contributed by atoms with Crippen molar-refractivity contribution in [3.63, 3.8) is 0 Å². The molecule has 2 aromatic carbocycles. The molecule has 0 aliphatic heterocycles. The fourth-order valence-corrected chi connectivity index (χ4v) is 2.87. The minimum absolute atomic E-state index is 0.0991. The Balaban J connectivity index is 1.86. The summed E-state index contributed by atoms with van der Waals surface area (Å²) in [7, 11) is 0. The Bertz CT molecular complexity index is 1280. The van der Waals surface area contributed by atoms with Crippen molar-refractivity contribution in [1.29, 1.82) is 0 Å². The maximum absolute atomic E-state index is 13.9. The van der Waals surface area contributed by atoms with Gasteiger partial charge in [0.2, 0.25) is 5.55 Å². The molecule has 0 fully saturated rings. The number of amides is 1. The van der Waals surface area contributed by atoms with Gasteiger partial charge < -0.3 is 9.73 Å². The molecule has 144 valence electrons. The molecule has 0 unspecified atom stereocenters. The van der Waals surface area contributed by atoms with E-state index in [4.69, 9.17) is 4.42 Å². The molecule has 6 heteroatoms. The minimum atomic E-state index is -0.413. The number of aromatic nitrogens is 1. The van der Waals surface area contributed by atoms with Gasteiger partial charge in [0.15, 0.2) is 0 Å². The number of pyridine rings is 1. The van der Waals surface area contributed by atoms with Crippen molar-refractivity contribution >= 4 is 28.4 Å². The summed E-state index contributed by atoms with van der Waals surface area (Å²) in [5.41, 5.74) is 2.66. The lowest BCUT2D eigenvalue weighted by Gasteiger charge is -2.07. The zero-order chi connectivity index (χ0) is 20.4. The van der Waals surface area contributed by atoms with Crippen molar-refractivity contribution in [2.45, 2.75) is 13.8 Å². The van der Waals surface area contributed by atoms with Crippen LogP contribution in [0.3, 0.4) is 0 Å². The maximum atomic E-state index is 13.9. The lowest BCUT2D eigenvalue weighted by molar-refractivity contribution is 0.102. The number of aryl methyl sites for hydroxylation is 1. The second kappa shape index (κ2) is 7.67. The summed E-state index contributed by atoms with van der Waals surface area (Å²) in [6, 6.07) is 17.2. The number of anilines is 1. The number of hydrogen-bond acceptors (Lipinski definition) is 4. The average Bonchev–Trinajstić information content (AvgIpc) is 2.72. The van der Waals surface area contributed by atoms with Crippen LogP contribution in [-0.2, 0) is 0 Å². The van der Waals surface area contributed by atoms with E-state index >= 15 is 0 Å². The third-order valence-electron chi connectivity index (χ3n) is 4.51. The second-order valence-electron chi connectivity index (χ2n) is 6.67. The van der Waals surface area contributed by atoms with Gasteiger partial charge in [0.05, 0.1) is 5.69 Å². The number of hydrogen-bond donors (Lipinski definition) is 1. The molecule has 0 aliphatic carbocycles. The van der Waals surface area contributed by atoms with E-state index in [0.29, 0.717) is 22.7 Å². The van der Waals surface area contributed by atoms with Crippen molar-refractivity contribution < 1.29 is 13.6 Å². The van der Waals surface area contributed by atoms with E-state index < -0.39 is 5.91 Å². The molecule has 4 aromatic rings. The summed E-state index contributed by atoms with van der Waals surface area (Å²) >= 11 is 0. The molecule has 0 saturated carbocycles. The number of carbonyl (C=O) groups excluding carboxylic acids is 1. The maximum Gasteiger partial charge on any atom is 0.262 e. The van der Waals surface area contributed by atoms with Crippen molar-refractivity contribution in [3.05, 3.63) is 94.9 Å². The Labute approximate surface area is 166 Å². The number of nitrogens with zero attached hydrogens (tertiary/aromatic N) is 2. The molecule has 1 N–H and O–H groups in total. The molecular formula is C23H18FN3O2. The zero-order valence-electron chi connectivity index (χ0n) is 15.9. The molecule has 5 nitrogen and oxygen atoms in total. The number of para-hydroxylation sites is 1. The third kappa shape index (κ3) is 3.91. The Kier molecular flexibility index (Phi) is 4.91. The van der Waals surface area contributed by atoms with Crippen LogP contribution in [-0.4, -0.2) is 10.9 Å². The first kappa shape index (κ1) is 18.6. The van der Waals surface area contributed by atoms with Gasteiger partial charge in [-0.3, -0.25) is 4.79 Å². The van der Waals surface area contributed by atoms with E-state index in [0.717, 1.165) is 10.9 Å².